The van der Waals surface area contributed by atoms with Crippen molar-refractivity contribution >= 4 is 35.0 Å². The number of nitrogens with zero attached hydrogens (tertiary/aromatic N) is 3. The number of thioether (sulfide) groups is 1. The summed E-state index contributed by atoms with van der Waals surface area (Å²) in [5.74, 6) is 0.776. The number of halogens is 1. The average Bonchev–Trinajstić information content (AvgIpc) is 3.17. The van der Waals surface area contributed by atoms with E-state index in [0.29, 0.717) is 15.9 Å². The number of rotatable bonds is 6. The highest BCUT2D eigenvalue weighted by atomic mass is 35.5. The lowest BCUT2D eigenvalue weighted by molar-refractivity contribution is -0.116. The van der Waals surface area contributed by atoms with Crippen molar-refractivity contribution < 1.29 is 4.79 Å². The molecule has 31 heavy (non-hydrogen) atoms. The van der Waals surface area contributed by atoms with Crippen molar-refractivity contribution in [2.45, 2.75) is 56.5 Å². The number of aryl methyl sites for hydroxylation is 3. The van der Waals surface area contributed by atoms with Crippen LogP contribution in [-0.4, -0.2) is 26.0 Å². The molecule has 2 aromatic carbocycles. The van der Waals surface area contributed by atoms with Gasteiger partial charge in [-0.2, -0.15) is 0 Å². The maximum atomic E-state index is 13.3. The van der Waals surface area contributed by atoms with Crippen molar-refractivity contribution in [1.29, 1.82) is 0 Å². The Hall–Kier alpha value is -2.51. The minimum absolute atomic E-state index is 0.103. The minimum Gasteiger partial charge on any atom is -0.325 e. The van der Waals surface area contributed by atoms with E-state index in [1.165, 1.54) is 17.3 Å². The van der Waals surface area contributed by atoms with Crippen LogP contribution in [0.2, 0.25) is 5.02 Å². The number of carbonyl (C=O) groups excluding carboxylic acids is 1. The highest BCUT2D eigenvalue weighted by molar-refractivity contribution is 8.00. The summed E-state index contributed by atoms with van der Waals surface area (Å²) < 4.78 is 1.93. The molecule has 0 bridgehead atoms. The number of hydrogen-bond acceptors (Lipinski definition) is 5. The third-order valence-electron chi connectivity index (χ3n) is 5.42. The first-order valence-electron chi connectivity index (χ1n) is 10.5. The number of benzene rings is 2. The highest BCUT2D eigenvalue weighted by Gasteiger charge is 2.37. The lowest BCUT2D eigenvalue weighted by Gasteiger charge is -2.33. The molecule has 1 aromatic heterocycles. The molecular weight excluding hydrogens is 430 g/mol. The molecule has 3 aromatic rings. The van der Waals surface area contributed by atoms with Gasteiger partial charge in [0.15, 0.2) is 5.82 Å². The second-order valence-corrected chi connectivity index (χ2v) is 9.19. The van der Waals surface area contributed by atoms with Crippen LogP contribution in [-0.2, 0) is 17.6 Å². The number of hydrogen-bond donors (Lipinski definition) is 2. The molecule has 162 valence electrons. The zero-order valence-electron chi connectivity index (χ0n) is 17.9. The molecular formula is C23H26ClN5OS. The highest BCUT2D eigenvalue weighted by Crippen LogP contribution is 2.38. The van der Waals surface area contributed by atoms with E-state index in [4.69, 9.17) is 11.6 Å². The Morgan fingerprint density at radius 3 is 2.65 bits per heavy atom. The van der Waals surface area contributed by atoms with E-state index in [9.17, 15) is 4.79 Å². The molecule has 0 unspecified atom stereocenters. The number of anilines is 1. The van der Waals surface area contributed by atoms with Crippen LogP contribution in [0.1, 0.15) is 48.8 Å². The molecule has 2 N–H and O–H groups in total. The van der Waals surface area contributed by atoms with Gasteiger partial charge in [0.1, 0.15) is 5.25 Å². The van der Waals surface area contributed by atoms with Gasteiger partial charge in [-0.05, 0) is 48.6 Å². The Balaban J connectivity index is 1.65. The van der Waals surface area contributed by atoms with Crippen LogP contribution >= 0.6 is 23.4 Å². The van der Waals surface area contributed by atoms with E-state index in [0.717, 1.165) is 36.2 Å². The largest absolute Gasteiger partial charge is 0.325 e. The van der Waals surface area contributed by atoms with Crippen molar-refractivity contribution in [3.63, 3.8) is 0 Å². The summed E-state index contributed by atoms with van der Waals surface area (Å²) in [6.07, 6.45) is 2.76. The quantitative estimate of drug-likeness (QED) is 0.537. The minimum atomic E-state index is -0.418. The molecule has 0 saturated carbocycles. The first-order valence-corrected chi connectivity index (χ1v) is 11.8. The molecule has 2 heterocycles. The predicted molar refractivity (Wildman–Crippen MR) is 126 cm³/mol. The van der Waals surface area contributed by atoms with Gasteiger partial charge in [-0.25, -0.2) is 4.68 Å². The smallest absolute Gasteiger partial charge is 0.240 e. The lowest BCUT2D eigenvalue weighted by atomic mass is 10.0. The first kappa shape index (κ1) is 21.7. The molecule has 1 aliphatic heterocycles. The summed E-state index contributed by atoms with van der Waals surface area (Å²) >= 11 is 7.68. The Bertz CT molecular complexity index is 1080. The van der Waals surface area contributed by atoms with Crippen LogP contribution in [0.4, 0.5) is 5.69 Å². The van der Waals surface area contributed by atoms with Gasteiger partial charge in [0.05, 0.1) is 6.04 Å². The molecule has 2 atom stereocenters. The van der Waals surface area contributed by atoms with E-state index < -0.39 is 5.25 Å². The van der Waals surface area contributed by atoms with E-state index in [1.807, 2.05) is 23.7 Å². The van der Waals surface area contributed by atoms with Gasteiger partial charge in [-0.1, -0.05) is 67.5 Å². The van der Waals surface area contributed by atoms with Crippen LogP contribution < -0.4 is 10.7 Å². The van der Waals surface area contributed by atoms with Gasteiger partial charge in [-0.15, -0.1) is 10.2 Å². The summed E-state index contributed by atoms with van der Waals surface area (Å²) in [5.41, 5.74) is 7.47. The van der Waals surface area contributed by atoms with E-state index >= 15 is 0 Å². The monoisotopic (exact) mass is 455 g/mol. The van der Waals surface area contributed by atoms with Crippen molar-refractivity contribution in [3.8, 4) is 0 Å². The Labute approximate surface area is 191 Å². The second kappa shape index (κ2) is 9.32. The first-order chi connectivity index (χ1) is 15.0. The van der Waals surface area contributed by atoms with Crippen molar-refractivity contribution in [2.75, 3.05) is 10.7 Å². The van der Waals surface area contributed by atoms with Gasteiger partial charge in [0.25, 0.3) is 0 Å². The van der Waals surface area contributed by atoms with Crippen LogP contribution in [0.3, 0.4) is 0 Å². The van der Waals surface area contributed by atoms with E-state index in [-0.39, 0.29) is 11.9 Å². The third-order valence-corrected chi connectivity index (χ3v) is 7.04. The van der Waals surface area contributed by atoms with Crippen molar-refractivity contribution in [1.82, 2.24) is 14.9 Å². The van der Waals surface area contributed by atoms with Gasteiger partial charge in [-0.3, -0.25) is 4.79 Å². The lowest BCUT2D eigenvalue weighted by Crippen LogP contribution is -2.41. The second-order valence-electron chi connectivity index (χ2n) is 7.68. The fourth-order valence-electron chi connectivity index (χ4n) is 3.58. The average molecular weight is 456 g/mol. The molecule has 0 radical (unpaired) electrons. The number of nitrogens with one attached hydrogen (secondary N) is 2. The molecule has 8 heteroatoms. The molecule has 0 fully saturated rings. The number of amides is 1. The molecule has 0 spiro atoms. The van der Waals surface area contributed by atoms with Gasteiger partial charge >= 0.3 is 0 Å². The summed E-state index contributed by atoms with van der Waals surface area (Å²) in [5, 5.41) is 12.6. The van der Waals surface area contributed by atoms with Crippen LogP contribution in [0, 0.1) is 6.92 Å². The predicted octanol–water partition coefficient (Wildman–Crippen LogP) is 5.15. The molecule has 6 nitrogen and oxygen atoms in total. The molecule has 1 aliphatic rings. The van der Waals surface area contributed by atoms with E-state index in [2.05, 4.69) is 59.1 Å². The summed E-state index contributed by atoms with van der Waals surface area (Å²) in [6.45, 7) is 6.18. The Kier molecular flexibility index (Phi) is 6.53. The molecule has 4 rings (SSSR count). The topological polar surface area (TPSA) is 71.8 Å². The molecule has 0 saturated heterocycles. The fourth-order valence-corrected chi connectivity index (χ4v) is 4.86. The number of aromatic nitrogens is 3. The van der Waals surface area contributed by atoms with Crippen LogP contribution in [0.25, 0.3) is 0 Å². The SMILES string of the molecule is CCCc1nnc2n1N[C@@H](c1ccc(CC)cc1)[C@H](C(=O)Nc1ccc(C)c(Cl)c1)S2. The Morgan fingerprint density at radius 1 is 1.19 bits per heavy atom. The van der Waals surface area contributed by atoms with Gasteiger partial charge < -0.3 is 10.7 Å². The fraction of sp³-hybridized carbons (Fsp3) is 0.348. The van der Waals surface area contributed by atoms with Crippen LogP contribution in [0.15, 0.2) is 47.6 Å². The molecule has 1 amide bonds. The summed E-state index contributed by atoms with van der Waals surface area (Å²) in [4.78, 5) is 13.3. The summed E-state index contributed by atoms with van der Waals surface area (Å²) in [7, 11) is 0. The number of fused-ring (bicyclic) bond motifs is 1. The van der Waals surface area contributed by atoms with Gasteiger partial charge in [0.2, 0.25) is 11.1 Å². The van der Waals surface area contributed by atoms with Crippen molar-refractivity contribution in [3.05, 3.63) is 70.0 Å². The normalized spacial score (nSPS) is 17.7. The Morgan fingerprint density at radius 2 is 1.97 bits per heavy atom. The standard InChI is InChI=1S/C23H26ClN5OS/c1-4-6-19-26-27-23-29(19)28-20(16-10-8-15(5-2)9-11-16)21(31-23)22(30)25-17-12-7-14(3)18(24)13-17/h7-13,20-21,28H,4-6H2,1-3H3,(H,25,30)/t20-,21+/m0/s1. The van der Waals surface area contributed by atoms with Gasteiger partial charge in [0, 0.05) is 17.1 Å². The summed E-state index contributed by atoms with van der Waals surface area (Å²) in [6, 6.07) is 13.7. The maximum Gasteiger partial charge on any atom is 0.240 e. The third kappa shape index (κ3) is 4.57. The molecule has 0 aliphatic carbocycles. The van der Waals surface area contributed by atoms with E-state index in [1.54, 1.807) is 6.07 Å². The zero-order valence-corrected chi connectivity index (χ0v) is 19.4. The van der Waals surface area contributed by atoms with Crippen LogP contribution in [0.5, 0.6) is 0 Å². The zero-order chi connectivity index (χ0) is 22.0. The van der Waals surface area contributed by atoms with Crippen molar-refractivity contribution in [2.24, 2.45) is 0 Å². The maximum absolute atomic E-state index is 13.3. The number of carbonyl (C=O) groups is 1.